The van der Waals surface area contributed by atoms with Gasteiger partial charge in [0.15, 0.2) is 0 Å². The van der Waals surface area contributed by atoms with E-state index in [9.17, 15) is 4.79 Å². The van der Waals surface area contributed by atoms with E-state index in [0.29, 0.717) is 16.4 Å². The lowest BCUT2D eigenvalue weighted by Crippen LogP contribution is -2.27. The third kappa shape index (κ3) is 3.13. The summed E-state index contributed by atoms with van der Waals surface area (Å²) in [5.41, 5.74) is 6.27. The summed E-state index contributed by atoms with van der Waals surface area (Å²) in [5, 5.41) is 3.20. The van der Waals surface area contributed by atoms with E-state index >= 15 is 0 Å². The van der Waals surface area contributed by atoms with Crippen molar-refractivity contribution in [3.63, 3.8) is 0 Å². The SMILES string of the molecule is CC(C)(C)C(=O)Nc1ccc(N)cc1Cl. The average Bonchev–Trinajstić information content (AvgIpc) is 2.08. The van der Waals surface area contributed by atoms with Crippen molar-refractivity contribution in [1.29, 1.82) is 0 Å². The fraction of sp³-hybridized carbons (Fsp3) is 0.364. The molecule has 0 aliphatic rings. The van der Waals surface area contributed by atoms with E-state index in [1.807, 2.05) is 20.8 Å². The lowest BCUT2D eigenvalue weighted by atomic mass is 9.95. The van der Waals surface area contributed by atoms with Crippen molar-refractivity contribution < 1.29 is 4.79 Å². The Kier molecular flexibility index (Phi) is 3.25. The molecule has 0 unspecified atom stereocenters. The van der Waals surface area contributed by atoms with Gasteiger partial charge >= 0.3 is 0 Å². The van der Waals surface area contributed by atoms with Gasteiger partial charge in [-0.25, -0.2) is 0 Å². The molecule has 0 radical (unpaired) electrons. The first-order chi connectivity index (χ1) is 6.80. The molecule has 1 rings (SSSR count). The minimum Gasteiger partial charge on any atom is -0.399 e. The molecule has 3 N–H and O–H groups in total. The molecule has 0 aromatic heterocycles. The number of carbonyl (C=O) groups is 1. The number of benzene rings is 1. The van der Waals surface area contributed by atoms with Gasteiger partial charge < -0.3 is 11.1 Å². The summed E-state index contributed by atoms with van der Waals surface area (Å²) < 4.78 is 0. The van der Waals surface area contributed by atoms with Crippen LogP contribution in [0.15, 0.2) is 18.2 Å². The van der Waals surface area contributed by atoms with Crippen LogP contribution in [0.25, 0.3) is 0 Å². The Bertz CT molecular complexity index is 383. The van der Waals surface area contributed by atoms with Crippen LogP contribution in [-0.4, -0.2) is 5.91 Å². The van der Waals surface area contributed by atoms with E-state index in [-0.39, 0.29) is 5.91 Å². The standard InChI is InChI=1S/C11H15ClN2O/c1-11(2,3)10(15)14-9-5-4-7(13)6-8(9)12/h4-6H,13H2,1-3H3,(H,14,15). The molecule has 0 heterocycles. The van der Waals surface area contributed by atoms with Crippen LogP contribution in [0, 0.1) is 5.41 Å². The van der Waals surface area contributed by atoms with Crippen molar-refractivity contribution in [3.8, 4) is 0 Å². The molecule has 0 spiro atoms. The largest absolute Gasteiger partial charge is 0.399 e. The number of carbonyl (C=O) groups excluding carboxylic acids is 1. The van der Waals surface area contributed by atoms with Gasteiger partial charge in [0, 0.05) is 11.1 Å². The molecular formula is C11H15ClN2O. The average molecular weight is 227 g/mol. The number of halogens is 1. The highest BCUT2D eigenvalue weighted by atomic mass is 35.5. The van der Waals surface area contributed by atoms with Crippen LogP contribution in [0.5, 0.6) is 0 Å². The zero-order chi connectivity index (χ0) is 11.6. The van der Waals surface area contributed by atoms with Crippen LogP contribution < -0.4 is 11.1 Å². The monoisotopic (exact) mass is 226 g/mol. The molecule has 0 saturated heterocycles. The first-order valence-corrected chi connectivity index (χ1v) is 5.05. The lowest BCUT2D eigenvalue weighted by molar-refractivity contribution is -0.123. The normalized spacial score (nSPS) is 11.2. The van der Waals surface area contributed by atoms with Crippen LogP contribution >= 0.6 is 11.6 Å². The molecule has 0 aliphatic carbocycles. The van der Waals surface area contributed by atoms with Gasteiger partial charge in [-0.3, -0.25) is 4.79 Å². The molecule has 0 saturated carbocycles. The number of amides is 1. The van der Waals surface area contributed by atoms with Gasteiger partial charge in [0.2, 0.25) is 5.91 Å². The van der Waals surface area contributed by atoms with Crippen molar-refractivity contribution in [2.75, 3.05) is 11.1 Å². The van der Waals surface area contributed by atoms with Gasteiger partial charge in [0.1, 0.15) is 0 Å². The quantitative estimate of drug-likeness (QED) is 0.724. The number of anilines is 2. The maximum atomic E-state index is 11.7. The second-order valence-corrected chi connectivity index (χ2v) is 4.85. The van der Waals surface area contributed by atoms with Crippen molar-refractivity contribution in [2.24, 2.45) is 5.41 Å². The molecular weight excluding hydrogens is 212 g/mol. The second-order valence-electron chi connectivity index (χ2n) is 4.44. The molecule has 0 bridgehead atoms. The molecule has 4 heteroatoms. The third-order valence-corrected chi connectivity index (χ3v) is 2.24. The Morgan fingerprint density at radius 1 is 1.40 bits per heavy atom. The summed E-state index contributed by atoms with van der Waals surface area (Å²) in [4.78, 5) is 11.7. The molecule has 1 aromatic rings. The van der Waals surface area contributed by atoms with Gasteiger partial charge in [0.05, 0.1) is 10.7 Å². The fourth-order valence-electron chi connectivity index (χ4n) is 0.943. The Balaban J connectivity index is 2.87. The van der Waals surface area contributed by atoms with E-state index < -0.39 is 5.41 Å². The summed E-state index contributed by atoms with van der Waals surface area (Å²) in [7, 11) is 0. The van der Waals surface area contributed by atoms with E-state index in [0.717, 1.165) is 0 Å². The number of nitrogens with two attached hydrogens (primary N) is 1. The summed E-state index contributed by atoms with van der Waals surface area (Å²) in [6.07, 6.45) is 0. The second kappa shape index (κ2) is 4.11. The van der Waals surface area contributed by atoms with Crippen LogP contribution in [-0.2, 0) is 4.79 Å². The van der Waals surface area contributed by atoms with Crippen LogP contribution in [0.3, 0.4) is 0 Å². The minimum absolute atomic E-state index is 0.0748. The fourth-order valence-corrected chi connectivity index (χ4v) is 1.18. The van der Waals surface area contributed by atoms with Crippen molar-refractivity contribution in [3.05, 3.63) is 23.2 Å². The highest BCUT2D eigenvalue weighted by molar-refractivity contribution is 6.34. The van der Waals surface area contributed by atoms with Crippen molar-refractivity contribution in [2.45, 2.75) is 20.8 Å². The van der Waals surface area contributed by atoms with E-state index in [1.165, 1.54) is 0 Å². The highest BCUT2D eigenvalue weighted by Crippen LogP contribution is 2.26. The Labute approximate surface area is 94.6 Å². The molecule has 15 heavy (non-hydrogen) atoms. The molecule has 1 amide bonds. The number of hydrogen-bond donors (Lipinski definition) is 2. The number of nitrogens with one attached hydrogen (secondary N) is 1. The zero-order valence-electron chi connectivity index (χ0n) is 9.10. The summed E-state index contributed by atoms with van der Waals surface area (Å²) in [5.74, 6) is -0.0748. The molecule has 0 atom stereocenters. The van der Waals surface area contributed by atoms with Gasteiger partial charge in [0.25, 0.3) is 0 Å². The first-order valence-electron chi connectivity index (χ1n) is 4.67. The van der Waals surface area contributed by atoms with E-state index in [2.05, 4.69) is 5.32 Å². The zero-order valence-corrected chi connectivity index (χ0v) is 9.85. The van der Waals surface area contributed by atoms with Gasteiger partial charge in [-0.2, -0.15) is 0 Å². The molecule has 0 fully saturated rings. The maximum Gasteiger partial charge on any atom is 0.229 e. The van der Waals surface area contributed by atoms with Gasteiger partial charge in [-0.05, 0) is 18.2 Å². The topological polar surface area (TPSA) is 55.1 Å². The van der Waals surface area contributed by atoms with Crippen LogP contribution in [0.2, 0.25) is 5.02 Å². The van der Waals surface area contributed by atoms with Gasteiger partial charge in [-0.1, -0.05) is 32.4 Å². The number of hydrogen-bond acceptors (Lipinski definition) is 2. The molecule has 82 valence electrons. The predicted molar refractivity (Wildman–Crippen MR) is 63.9 cm³/mol. The first kappa shape index (κ1) is 11.9. The predicted octanol–water partition coefficient (Wildman–Crippen LogP) is 2.91. The summed E-state index contributed by atoms with van der Waals surface area (Å²) >= 11 is 5.93. The van der Waals surface area contributed by atoms with Crippen LogP contribution in [0.4, 0.5) is 11.4 Å². The van der Waals surface area contributed by atoms with E-state index in [1.54, 1.807) is 18.2 Å². The number of nitrogen functional groups attached to an aromatic ring is 1. The lowest BCUT2D eigenvalue weighted by Gasteiger charge is -2.18. The molecule has 3 nitrogen and oxygen atoms in total. The minimum atomic E-state index is -0.440. The Hall–Kier alpha value is -1.22. The number of rotatable bonds is 1. The van der Waals surface area contributed by atoms with Gasteiger partial charge in [-0.15, -0.1) is 0 Å². The summed E-state index contributed by atoms with van der Waals surface area (Å²) in [6.45, 7) is 5.52. The van der Waals surface area contributed by atoms with Crippen molar-refractivity contribution >= 4 is 28.9 Å². The third-order valence-electron chi connectivity index (χ3n) is 1.92. The highest BCUT2D eigenvalue weighted by Gasteiger charge is 2.21. The maximum absolute atomic E-state index is 11.7. The summed E-state index contributed by atoms with van der Waals surface area (Å²) in [6, 6.07) is 5.01. The van der Waals surface area contributed by atoms with Crippen molar-refractivity contribution in [1.82, 2.24) is 0 Å². The van der Waals surface area contributed by atoms with E-state index in [4.69, 9.17) is 17.3 Å². The molecule has 1 aromatic carbocycles. The smallest absolute Gasteiger partial charge is 0.229 e. The van der Waals surface area contributed by atoms with Crippen LogP contribution in [0.1, 0.15) is 20.8 Å². The Morgan fingerprint density at radius 2 is 2.00 bits per heavy atom. The Morgan fingerprint density at radius 3 is 2.47 bits per heavy atom. The molecule has 0 aliphatic heterocycles.